The summed E-state index contributed by atoms with van der Waals surface area (Å²) in [6.07, 6.45) is 0. The Morgan fingerprint density at radius 3 is 2.08 bits per heavy atom. The van der Waals surface area contributed by atoms with Crippen molar-refractivity contribution in [2.75, 3.05) is 11.9 Å². The summed E-state index contributed by atoms with van der Waals surface area (Å²) in [5.74, 6) is -2.05. The molecule has 0 bridgehead atoms. The molecular weight excluding hydrogens is 350 g/mol. The number of rotatable bonds is 7. The van der Waals surface area contributed by atoms with Gasteiger partial charge in [0.15, 0.2) is 6.61 Å². The van der Waals surface area contributed by atoms with Gasteiger partial charge < -0.3 is 20.5 Å². The minimum absolute atomic E-state index is 0.0520. The van der Waals surface area contributed by atoms with E-state index in [-0.39, 0.29) is 16.9 Å². The molecule has 0 aliphatic rings. The number of carbonyl (C=O) groups is 3. The largest absolute Gasteiger partial charge is 0.452 e. The summed E-state index contributed by atoms with van der Waals surface area (Å²) in [4.78, 5) is 34.5. The van der Waals surface area contributed by atoms with Gasteiger partial charge in [-0.2, -0.15) is 8.78 Å². The molecular formula is C17H14F2N2O5. The van der Waals surface area contributed by atoms with E-state index in [9.17, 15) is 23.2 Å². The van der Waals surface area contributed by atoms with Gasteiger partial charge in [0.1, 0.15) is 5.75 Å². The number of nitrogens with two attached hydrogens (primary N) is 1. The Bertz CT molecular complexity index is 792. The Kier molecular flexibility index (Phi) is 6.20. The highest BCUT2D eigenvalue weighted by Crippen LogP contribution is 2.17. The van der Waals surface area contributed by atoms with E-state index in [4.69, 9.17) is 10.5 Å². The van der Waals surface area contributed by atoms with Gasteiger partial charge in [0.2, 0.25) is 5.91 Å². The number of hydrogen-bond donors (Lipinski definition) is 2. The number of nitrogens with one attached hydrogen (secondary N) is 1. The van der Waals surface area contributed by atoms with E-state index in [1.54, 1.807) is 0 Å². The Labute approximate surface area is 146 Å². The quantitative estimate of drug-likeness (QED) is 0.732. The molecule has 3 N–H and O–H groups in total. The SMILES string of the molecule is NC(=O)c1ccc(C(=O)OCC(=O)Nc2ccc(OC(F)F)cc2)cc1. The van der Waals surface area contributed by atoms with Crippen molar-refractivity contribution in [2.24, 2.45) is 5.73 Å². The number of anilines is 1. The van der Waals surface area contributed by atoms with E-state index in [0.29, 0.717) is 5.69 Å². The number of halogens is 2. The normalized spacial score (nSPS) is 10.3. The lowest BCUT2D eigenvalue weighted by molar-refractivity contribution is -0.119. The number of hydrogen-bond acceptors (Lipinski definition) is 5. The van der Waals surface area contributed by atoms with Crippen molar-refractivity contribution in [2.45, 2.75) is 6.61 Å². The summed E-state index contributed by atoms with van der Waals surface area (Å²) in [5, 5.41) is 2.43. The highest BCUT2D eigenvalue weighted by atomic mass is 19.3. The average molecular weight is 364 g/mol. The smallest absolute Gasteiger partial charge is 0.387 e. The molecule has 0 saturated heterocycles. The Hall–Kier alpha value is -3.49. The highest BCUT2D eigenvalue weighted by molar-refractivity contribution is 5.97. The minimum atomic E-state index is -2.94. The molecule has 0 atom stereocenters. The van der Waals surface area contributed by atoms with Crippen LogP contribution in [0.2, 0.25) is 0 Å². The van der Waals surface area contributed by atoms with Gasteiger partial charge >= 0.3 is 12.6 Å². The minimum Gasteiger partial charge on any atom is -0.452 e. The second-order valence-corrected chi connectivity index (χ2v) is 4.97. The number of ether oxygens (including phenoxy) is 2. The van der Waals surface area contributed by atoms with Crippen LogP contribution in [0.1, 0.15) is 20.7 Å². The van der Waals surface area contributed by atoms with Gasteiger partial charge in [0.05, 0.1) is 5.56 Å². The Morgan fingerprint density at radius 1 is 0.962 bits per heavy atom. The van der Waals surface area contributed by atoms with Crippen LogP contribution in [-0.4, -0.2) is 31.0 Å². The summed E-state index contributed by atoms with van der Waals surface area (Å²) in [7, 11) is 0. The van der Waals surface area contributed by atoms with E-state index in [2.05, 4.69) is 10.1 Å². The fraction of sp³-hybridized carbons (Fsp3) is 0.118. The average Bonchev–Trinajstić information content (AvgIpc) is 2.61. The predicted molar refractivity (Wildman–Crippen MR) is 86.9 cm³/mol. The van der Waals surface area contributed by atoms with Crippen LogP contribution in [-0.2, 0) is 9.53 Å². The Morgan fingerprint density at radius 2 is 1.54 bits per heavy atom. The molecule has 0 radical (unpaired) electrons. The molecule has 26 heavy (non-hydrogen) atoms. The van der Waals surface area contributed by atoms with Gasteiger partial charge in [-0.05, 0) is 48.5 Å². The maximum atomic E-state index is 12.0. The van der Waals surface area contributed by atoms with Crippen molar-refractivity contribution < 1.29 is 32.6 Å². The lowest BCUT2D eigenvalue weighted by Crippen LogP contribution is -2.21. The van der Waals surface area contributed by atoms with Crippen LogP contribution in [0, 0.1) is 0 Å². The summed E-state index contributed by atoms with van der Waals surface area (Å²) in [6.45, 7) is -3.49. The first kappa shape index (κ1) is 18.8. The third-order valence-electron chi connectivity index (χ3n) is 3.10. The van der Waals surface area contributed by atoms with Crippen LogP contribution in [0.3, 0.4) is 0 Å². The van der Waals surface area contributed by atoms with E-state index in [0.717, 1.165) is 0 Å². The zero-order chi connectivity index (χ0) is 19.1. The molecule has 0 heterocycles. The topological polar surface area (TPSA) is 108 Å². The summed E-state index contributed by atoms with van der Waals surface area (Å²) in [6, 6.07) is 10.7. The van der Waals surface area contributed by atoms with Gasteiger partial charge in [-0.3, -0.25) is 9.59 Å². The molecule has 7 nitrogen and oxygen atoms in total. The molecule has 2 aromatic rings. The molecule has 0 aliphatic carbocycles. The molecule has 0 aliphatic heterocycles. The van der Waals surface area contributed by atoms with Gasteiger partial charge in [-0.15, -0.1) is 0 Å². The number of benzene rings is 2. The predicted octanol–water partition coefficient (Wildman–Crippen LogP) is 2.18. The van der Waals surface area contributed by atoms with Crippen LogP contribution >= 0.6 is 0 Å². The number of esters is 1. The van der Waals surface area contributed by atoms with E-state index >= 15 is 0 Å². The molecule has 0 saturated carbocycles. The molecule has 2 amide bonds. The van der Waals surface area contributed by atoms with Crippen molar-refractivity contribution in [3.63, 3.8) is 0 Å². The van der Waals surface area contributed by atoms with Crippen molar-refractivity contribution >= 4 is 23.5 Å². The molecule has 0 fully saturated rings. The van der Waals surface area contributed by atoms with E-state index in [1.807, 2.05) is 0 Å². The van der Waals surface area contributed by atoms with Crippen LogP contribution in [0.4, 0.5) is 14.5 Å². The molecule has 136 valence electrons. The zero-order valence-corrected chi connectivity index (χ0v) is 13.3. The Balaban J connectivity index is 1.84. The monoisotopic (exact) mass is 364 g/mol. The van der Waals surface area contributed by atoms with Crippen molar-refractivity contribution in [1.29, 1.82) is 0 Å². The third-order valence-corrected chi connectivity index (χ3v) is 3.10. The van der Waals surface area contributed by atoms with Crippen LogP contribution in [0.15, 0.2) is 48.5 Å². The van der Waals surface area contributed by atoms with Crippen molar-refractivity contribution in [3.8, 4) is 5.75 Å². The molecule has 0 spiro atoms. The zero-order valence-electron chi connectivity index (χ0n) is 13.3. The third kappa shape index (κ3) is 5.55. The number of carbonyl (C=O) groups excluding carboxylic acids is 3. The van der Waals surface area contributed by atoms with Crippen LogP contribution < -0.4 is 15.8 Å². The van der Waals surface area contributed by atoms with Gasteiger partial charge in [-0.1, -0.05) is 0 Å². The van der Waals surface area contributed by atoms with Crippen LogP contribution in [0.25, 0.3) is 0 Å². The first-order valence-corrected chi connectivity index (χ1v) is 7.27. The molecule has 2 rings (SSSR count). The lowest BCUT2D eigenvalue weighted by atomic mass is 10.1. The maximum absolute atomic E-state index is 12.0. The molecule has 0 unspecified atom stereocenters. The van der Waals surface area contributed by atoms with Crippen molar-refractivity contribution in [3.05, 3.63) is 59.7 Å². The fourth-order valence-electron chi connectivity index (χ4n) is 1.90. The summed E-state index contributed by atoms with van der Waals surface area (Å²) >= 11 is 0. The van der Waals surface area contributed by atoms with Gasteiger partial charge in [0, 0.05) is 11.3 Å². The standard InChI is InChI=1S/C17H14F2N2O5/c18-17(19)26-13-7-5-12(6-8-13)21-14(22)9-25-16(24)11-3-1-10(2-4-11)15(20)23/h1-8,17H,9H2,(H2,20,23)(H,21,22). The molecule has 2 aromatic carbocycles. The van der Waals surface area contributed by atoms with E-state index in [1.165, 1.54) is 48.5 Å². The first-order valence-electron chi connectivity index (χ1n) is 7.27. The molecule has 0 aromatic heterocycles. The summed E-state index contributed by atoms with van der Waals surface area (Å²) in [5.41, 5.74) is 5.79. The fourth-order valence-corrected chi connectivity index (χ4v) is 1.90. The number of amides is 2. The lowest BCUT2D eigenvalue weighted by Gasteiger charge is -2.08. The number of alkyl halides is 2. The maximum Gasteiger partial charge on any atom is 0.387 e. The second kappa shape index (κ2) is 8.56. The molecule has 9 heteroatoms. The van der Waals surface area contributed by atoms with Gasteiger partial charge in [-0.25, -0.2) is 4.79 Å². The van der Waals surface area contributed by atoms with Crippen LogP contribution in [0.5, 0.6) is 5.75 Å². The number of primary amides is 1. The van der Waals surface area contributed by atoms with E-state index < -0.39 is 31.0 Å². The first-order chi connectivity index (χ1) is 12.3. The summed E-state index contributed by atoms with van der Waals surface area (Å²) < 4.78 is 33.1. The highest BCUT2D eigenvalue weighted by Gasteiger charge is 2.11. The van der Waals surface area contributed by atoms with Gasteiger partial charge in [0.25, 0.3) is 5.91 Å². The van der Waals surface area contributed by atoms with Crippen molar-refractivity contribution in [1.82, 2.24) is 0 Å². The second-order valence-electron chi connectivity index (χ2n) is 4.97.